The molecule has 0 amide bonds. The molecule has 0 aliphatic carbocycles. The number of nitrogens with zero attached hydrogens (tertiary/aromatic N) is 3. The Hall–Kier alpha value is -6.22. The third kappa shape index (κ3) is 4.10. The minimum absolute atomic E-state index is 0.0590. The van der Waals surface area contributed by atoms with E-state index in [0.29, 0.717) is 60.4 Å². The van der Waals surface area contributed by atoms with Crippen LogP contribution >= 0.6 is 0 Å². The van der Waals surface area contributed by atoms with E-state index in [1.54, 1.807) is 91.0 Å². The summed E-state index contributed by atoms with van der Waals surface area (Å²) in [6.07, 6.45) is 0. The Morgan fingerprint density at radius 3 is 1.44 bits per heavy atom. The average molecular weight is 564 g/mol. The van der Waals surface area contributed by atoms with Gasteiger partial charge >= 0.3 is 0 Å². The van der Waals surface area contributed by atoms with Crippen LogP contribution in [0.5, 0.6) is 0 Å². The molecule has 0 spiro atoms. The van der Waals surface area contributed by atoms with Gasteiger partial charge in [0, 0.05) is 16.7 Å². The lowest BCUT2D eigenvalue weighted by Crippen LogP contribution is -2.08. The summed E-state index contributed by atoms with van der Waals surface area (Å²) in [5.74, 6) is 0.292. The van der Waals surface area contributed by atoms with Gasteiger partial charge in [0.1, 0.15) is 16.7 Å². The summed E-state index contributed by atoms with van der Waals surface area (Å²) < 4.78 is 18.1. The molecule has 0 radical (unpaired) electrons. The first-order valence-corrected chi connectivity index (χ1v) is 13.3. The molecule has 5 aromatic carbocycles. The smallest absolute Gasteiger partial charge is 0.284 e. The van der Waals surface area contributed by atoms with Gasteiger partial charge in [-0.2, -0.15) is 15.0 Å². The Balaban J connectivity index is 1.41. The highest BCUT2D eigenvalue weighted by Gasteiger charge is 2.18. The van der Waals surface area contributed by atoms with E-state index < -0.39 is 16.7 Å². The van der Waals surface area contributed by atoms with Crippen molar-refractivity contribution in [3.05, 3.63) is 134 Å². The molecule has 8 rings (SSSR count). The molecule has 3 heterocycles. The van der Waals surface area contributed by atoms with Crippen molar-refractivity contribution in [2.45, 2.75) is 0 Å². The zero-order valence-corrected chi connectivity index (χ0v) is 22.1. The molecule has 8 aromatic rings. The zero-order chi connectivity index (χ0) is 29.1. The van der Waals surface area contributed by atoms with Gasteiger partial charge in [-0.3, -0.25) is 14.4 Å². The van der Waals surface area contributed by atoms with Crippen molar-refractivity contribution >= 4 is 43.7 Å². The molecule has 0 N–H and O–H groups in total. The molecule has 3 aromatic heterocycles. The minimum Gasteiger partial charge on any atom is -0.437 e. The topological polar surface area (TPSA) is 129 Å². The van der Waals surface area contributed by atoms with Gasteiger partial charge in [0.15, 0.2) is 0 Å². The molecule has 0 unspecified atom stereocenters. The molecule has 0 atom stereocenters. The van der Waals surface area contributed by atoms with Crippen molar-refractivity contribution in [1.82, 2.24) is 15.0 Å². The van der Waals surface area contributed by atoms with Crippen LogP contribution in [-0.2, 0) is 0 Å². The number of aromatic nitrogens is 3. The Labute approximate surface area is 240 Å². The second-order valence-corrected chi connectivity index (χ2v) is 9.92. The maximum Gasteiger partial charge on any atom is 0.284 e. The summed E-state index contributed by atoms with van der Waals surface area (Å²) in [5, 5.41) is 2.42. The summed E-state index contributed by atoms with van der Waals surface area (Å²) >= 11 is 0. The summed E-state index contributed by atoms with van der Waals surface area (Å²) in [6, 6.07) is 29.5. The van der Waals surface area contributed by atoms with Gasteiger partial charge in [-0.25, -0.2) is 0 Å². The van der Waals surface area contributed by atoms with E-state index in [1.165, 1.54) is 0 Å². The van der Waals surface area contributed by atoms with Crippen LogP contribution in [-0.4, -0.2) is 15.0 Å². The largest absolute Gasteiger partial charge is 0.437 e. The van der Waals surface area contributed by atoms with E-state index >= 15 is 0 Å². The highest BCUT2D eigenvalue weighted by molar-refractivity contribution is 6.00. The van der Waals surface area contributed by atoms with Crippen LogP contribution in [0.2, 0.25) is 0 Å². The lowest BCUT2D eigenvalue weighted by atomic mass is 9.98. The van der Waals surface area contributed by atoms with Crippen LogP contribution in [0.25, 0.3) is 78.0 Å². The molecular weight excluding hydrogens is 546 g/mol. The van der Waals surface area contributed by atoms with Crippen LogP contribution in [0.15, 0.2) is 131 Å². The number of hydrogen-bond donors (Lipinski definition) is 0. The second kappa shape index (κ2) is 9.42. The Morgan fingerprint density at radius 2 is 0.884 bits per heavy atom. The van der Waals surface area contributed by atoms with Crippen LogP contribution in [0.3, 0.4) is 0 Å². The normalized spacial score (nSPS) is 11.5. The highest BCUT2D eigenvalue weighted by Crippen LogP contribution is 2.36. The first-order chi connectivity index (χ1) is 21.0. The number of hydrogen-bond acceptors (Lipinski definition) is 9. The SMILES string of the molecule is O=c1nc(-c2cc(-c3nc(=O)c4ccccc4o3)c3cc(-c4nc(=O)c5ccccc5o4)ccc3c2)oc2ccccc12. The first-order valence-electron chi connectivity index (χ1n) is 13.3. The van der Waals surface area contributed by atoms with Crippen molar-refractivity contribution in [1.29, 1.82) is 0 Å². The number of benzene rings is 5. The highest BCUT2D eigenvalue weighted by atomic mass is 16.4. The monoisotopic (exact) mass is 563 g/mol. The molecule has 9 nitrogen and oxygen atoms in total. The van der Waals surface area contributed by atoms with Crippen LogP contribution < -0.4 is 16.7 Å². The number of fused-ring (bicyclic) bond motifs is 4. The number of rotatable bonds is 3. The number of para-hydroxylation sites is 3. The van der Waals surface area contributed by atoms with Gasteiger partial charge in [0.25, 0.3) is 16.7 Å². The molecule has 0 saturated heterocycles. The predicted octanol–water partition coefficient (Wildman–Crippen LogP) is 6.35. The van der Waals surface area contributed by atoms with E-state index in [2.05, 4.69) is 15.0 Å². The molecule has 204 valence electrons. The van der Waals surface area contributed by atoms with Gasteiger partial charge < -0.3 is 13.3 Å². The summed E-state index contributed by atoms with van der Waals surface area (Å²) in [6.45, 7) is 0. The zero-order valence-electron chi connectivity index (χ0n) is 22.1. The van der Waals surface area contributed by atoms with E-state index in [1.807, 2.05) is 12.1 Å². The summed E-state index contributed by atoms with van der Waals surface area (Å²) in [4.78, 5) is 51.2. The summed E-state index contributed by atoms with van der Waals surface area (Å²) in [5.41, 5.74) is 1.32. The lowest BCUT2D eigenvalue weighted by Gasteiger charge is -2.11. The second-order valence-electron chi connectivity index (χ2n) is 9.92. The fourth-order valence-electron chi connectivity index (χ4n) is 5.19. The van der Waals surface area contributed by atoms with Gasteiger partial charge in [-0.1, -0.05) is 42.5 Å². The standard InChI is InChI=1S/C34H17N3O6/c38-29-21-7-1-4-10-26(21)41-32(35-29)19-14-13-18-15-20(33-36-30(39)22-8-2-5-11-27(22)42-33)17-25(24(18)16-19)34-37-31(40)23-9-3-6-12-28(23)43-34/h1-17H. The maximum absolute atomic E-state index is 13.0. The fourth-order valence-corrected chi connectivity index (χ4v) is 5.19. The van der Waals surface area contributed by atoms with E-state index in [4.69, 9.17) is 13.3 Å². The minimum atomic E-state index is -0.455. The van der Waals surface area contributed by atoms with E-state index in [-0.39, 0.29) is 17.7 Å². The molecule has 9 heteroatoms. The van der Waals surface area contributed by atoms with Crippen LogP contribution in [0, 0.1) is 0 Å². The quantitative estimate of drug-likeness (QED) is 0.242. The maximum atomic E-state index is 13.0. The molecular formula is C34H17N3O6. The van der Waals surface area contributed by atoms with Gasteiger partial charge in [0.2, 0.25) is 17.7 Å². The van der Waals surface area contributed by atoms with Crippen molar-refractivity contribution in [3.8, 4) is 34.4 Å². The predicted molar refractivity (Wildman–Crippen MR) is 162 cm³/mol. The molecule has 0 aliphatic heterocycles. The Bertz CT molecular complexity index is 2600. The summed E-state index contributed by atoms with van der Waals surface area (Å²) in [7, 11) is 0. The van der Waals surface area contributed by atoms with Crippen molar-refractivity contribution in [2.75, 3.05) is 0 Å². The Kier molecular flexibility index (Phi) is 5.38. The van der Waals surface area contributed by atoms with Gasteiger partial charge in [0.05, 0.1) is 16.2 Å². The van der Waals surface area contributed by atoms with E-state index in [0.717, 1.165) is 0 Å². The first kappa shape index (κ1) is 24.6. The fraction of sp³-hybridized carbons (Fsp3) is 0. The Morgan fingerprint density at radius 1 is 0.419 bits per heavy atom. The van der Waals surface area contributed by atoms with Crippen molar-refractivity contribution in [3.63, 3.8) is 0 Å². The van der Waals surface area contributed by atoms with Crippen LogP contribution in [0.4, 0.5) is 0 Å². The third-order valence-electron chi connectivity index (χ3n) is 7.26. The van der Waals surface area contributed by atoms with Crippen molar-refractivity contribution < 1.29 is 13.3 Å². The third-order valence-corrected chi connectivity index (χ3v) is 7.26. The van der Waals surface area contributed by atoms with Crippen LogP contribution in [0.1, 0.15) is 0 Å². The van der Waals surface area contributed by atoms with E-state index in [9.17, 15) is 14.4 Å². The molecule has 0 aliphatic rings. The van der Waals surface area contributed by atoms with Crippen molar-refractivity contribution in [2.24, 2.45) is 0 Å². The van der Waals surface area contributed by atoms with Gasteiger partial charge in [-0.15, -0.1) is 0 Å². The molecule has 0 saturated carbocycles. The molecule has 43 heavy (non-hydrogen) atoms. The molecule has 0 fully saturated rings. The van der Waals surface area contributed by atoms with Gasteiger partial charge in [-0.05, 0) is 71.4 Å². The lowest BCUT2D eigenvalue weighted by molar-refractivity contribution is 0.592. The molecule has 0 bridgehead atoms. The average Bonchev–Trinajstić information content (AvgIpc) is 3.04.